The summed E-state index contributed by atoms with van der Waals surface area (Å²) in [5, 5.41) is 6.59. The lowest BCUT2D eigenvalue weighted by atomic mass is 9.95. The van der Waals surface area contributed by atoms with Crippen molar-refractivity contribution in [3.05, 3.63) is 35.4 Å². The molecule has 0 aliphatic heterocycles. The molecule has 1 aliphatic rings. The van der Waals surface area contributed by atoms with Crippen LogP contribution in [0, 0.1) is 6.92 Å². The molecule has 1 amide bonds. The second-order valence-electron chi connectivity index (χ2n) is 6.37. The van der Waals surface area contributed by atoms with E-state index in [9.17, 15) is 4.79 Å². The number of nitrogens with one attached hydrogen (secondary N) is 2. The molecule has 2 atom stereocenters. The Morgan fingerprint density at radius 1 is 1.19 bits per heavy atom. The molecule has 0 aromatic heterocycles. The molecule has 1 aromatic carbocycles. The van der Waals surface area contributed by atoms with E-state index in [1.165, 1.54) is 30.4 Å². The number of carbonyl (C=O) groups excluding carboxylic acids is 1. The van der Waals surface area contributed by atoms with Gasteiger partial charge in [0, 0.05) is 12.1 Å². The van der Waals surface area contributed by atoms with E-state index in [-0.39, 0.29) is 18.0 Å². The molecule has 0 spiro atoms. The van der Waals surface area contributed by atoms with Crippen LogP contribution >= 0.6 is 0 Å². The zero-order valence-electron chi connectivity index (χ0n) is 13.5. The molecule has 0 heterocycles. The highest BCUT2D eigenvalue weighted by Gasteiger charge is 2.20. The number of benzene rings is 1. The van der Waals surface area contributed by atoms with E-state index in [0.717, 1.165) is 12.8 Å². The van der Waals surface area contributed by atoms with Gasteiger partial charge in [0.1, 0.15) is 0 Å². The second-order valence-corrected chi connectivity index (χ2v) is 6.37. The summed E-state index contributed by atoms with van der Waals surface area (Å²) >= 11 is 0. The molecule has 1 aromatic rings. The van der Waals surface area contributed by atoms with E-state index in [2.05, 4.69) is 48.7 Å². The minimum Gasteiger partial charge on any atom is -0.352 e. The van der Waals surface area contributed by atoms with Gasteiger partial charge in [0.25, 0.3) is 0 Å². The highest BCUT2D eigenvalue weighted by Crippen LogP contribution is 2.18. The van der Waals surface area contributed by atoms with Gasteiger partial charge in [-0.25, -0.2) is 0 Å². The van der Waals surface area contributed by atoms with Crippen molar-refractivity contribution in [1.29, 1.82) is 0 Å². The quantitative estimate of drug-likeness (QED) is 0.871. The summed E-state index contributed by atoms with van der Waals surface area (Å²) in [5.74, 6) is 0.126. The van der Waals surface area contributed by atoms with Crippen molar-refractivity contribution in [2.24, 2.45) is 0 Å². The molecule has 1 saturated carbocycles. The number of rotatable bonds is 5. The summed E-state index contributed by atoms with van der Waals surface area (Å²) in [6, 6.07) is 8.83. The summed E-state index contributed by atoms with van der Waals surface area (Å²) in [7, 11) is 0. The Kier molecular flexibility index (Phi) is 5.80. The highest BCUT2D eigenvalue weighted by molar-refractivity contribution is 5.81. The number of carbonyl (C=O) groups is 1. The molecule has 2 rings (SSSR count). The summed E-state index contributed by atoms with van der Waals surface area (Å²) in [6.07, 6.45) is 6.06. The standard InChI is InChI=1S/C18H28N2O/c1-13-8-7-9-16(12-13)14(2)19-15(3)18(21)20-17-10-5-4-6-11-17/h7-9,12,14-15,17,19H,4-6,10-11H2,1-3H3,(H,20,21)/t14-,15?/m1/s1. The highest BCUT2D eigenvalue weighted by atomic mass is 16.2. The maximum atomic E-state index is 12.3. The van der Waals surface area contributed by atoms with Gasteiger partial charge in [-0.3, -0.25) is 10.1 Å². The first-order valence-corrected chi connectivity index (χ1v) is 8.19. The first-order chi connectivity index (χ1) is 10.1. The summed E-state index contributed by atoms with van der Waals surface area (Å²) < 4.78 is 0. The van der Waals surface area contributed by atoms with Gasteiger partial charge in [-0.1, -0.05) is 49.1 Å². The molecular weight excluding hydrogens is 260 g/mol. The van der Waals surface area contributed by atoms with Crippen LogP contribution in [0.2, 0.25) is 0 Å². The molecule has 3 nitrogen and oxygen atoms in total. The van der Waals surface area contributed by atoms with Crippen LogP contribution in [0.4, 0.5) is 0 Å². The van der Waals surface area contributed by atoms with E-state index in [1.807, 2.05) is 6.92 Å². The molecule has 21 heavy (non-hydrogen) atoms. The average molecular weight is 288 g/mol. The molecule has 3 heteroatoms. The van der Waals surface area contributed by atoms with Gasteiger partial charge < -0.3 is 5.32 Å². The van der Waals surface area contributed by atoms with Gasteiger partial charge in [0.05, 0.1) is 6.04 Å². The maximum absolute atomic E-state index is 12.3. The predicted octanol–water partition coefficient (Wildman–Crippen LogP) is 3.48. The lowest BCUT2D eigenvalue weighted by molar-refractivity contribution is -0.123. The van der Waals surface area contributed by atoms with Crippen molar-refractivity contribution in [2.45, 2.75) is 71.0 Å². The molecule has 116 valence electrons. The molecular formula is C18H28N2O. The molecule has 0 bridgehead atoms. The third-order valence-electron chi connectivity index (χ3n) is 4.39. The Morgan fingerprint density at radius 2 is 1.90 bits per heavy atom. The zero-order valence-corrected chi connectivity index (χ0v) is 13.5. The van der Waals surface area contributed by atoms with Crippen LogP contribution in [0.5, 0.6) is 0 Å². The van der Waals surface area contributed by atoms with E-state index in [1.54, 1.807) is 0 Å². The molecule has 0 radical (unpaired) electrons. The maximum Gasteiger partial charge on any atom is 0.237 e. The SMILES string of the molecule is Cc1cccc([C@@H](C)NC(C)C(=O)NC2CCCCC2)c1. The van der Waals surface area contributed by atoms with Crippen LogP contribution in [0.3, 0.4) is 0 Å². The summed E-state index contributed by atoms with van der Waals surface area (Å²) in [4.78, 5) is 12.3. The molecule has 1 fully saturated rings. The van der Waals surface area contributed by atoms with Crippen molar-refractivity contribution < 1.29 is 4.79 Å². The first-order valence-electron chi connectivity index (χ1n) is 8.19. The van der Waals surface area contributed by atoms with Crippen LogP contribution in [-0.4, -0.2) is 18.0 Å². The summed E-state index contributed by atoms with van der Waals surface area (Å²) in [5.41, 5.74) is 2.48. The Balaban J connectivity index is 1.84. The van der Waals surface area contributed by atoms with Gasteiger partial charge in [0.15, 0.2) is 0 Å². The second kappa shape index (κ2) is 7.60. The minimum atomic E-state index is -0.164. The topological polar surface area (TPSA) is 41.1 Å². The molecule has 2 N–H and O–H groups in total. The number of hydrogen-bond donors (Lipinski definition) is 2. The van der Waals surface area contributed by atoms with Gasteiger partial charge in [-0.2, -0.15) is 0 Å². The monoisotopic (exact) mass is 288 g/mol. The lowest BCUT2D eigenvalue weighted by Gasteiger charge is -2.26. The van der Waals surface area contributed by atoms with Crippen LogP contribution in [-0.2, 0) is 4.79 Å². The van der Waals surface area contributed by atoms with Gasteiger partial charge in [-0.15, -0.1) is 0 Å². The van der Waals surface area contributed by atoms with E-state index in [4.69, 9.17) is 0 Å². The Hall–Kier alpha value is -1.35. The van der Waals surface area contributed by atoms with Gasteiger partial charge in [0.2, 0.25) is 5.91 Å². The van der Waals surface area contributed by atoms with Crippen molar-refractivity contribution in [2.75, 3.05) is 0 Å². The van der Waals surface area contributed by atoms with Crippen LogP contribution in [0.25, 0.3) is 0 Å². The Morgan fingerprint density at radius 3 is 2.57 bits per heavy atom. The van der Waals surface area contributed by atoms with Crippen molar-refractivity contribution in [3.63, 3.8) is 0 Å². The van der Waals surface area contributed by atoms with Gasteiger partial charge >= 0.3 is 0 Å². The molecule has 1 unspecified atom stereocenters. The van der Waals surface area contributed by atoms with Crippen molar-refractivity contribution in [1.82, 2.24) is 10.6 Å². The zero-order chi connectivity index (χ0) is 15.2. The Labute approximate surface area is 128 Å². The van der Waals surface area contributed by atoms with Crippen molar-refractivity contribution in [3.8, 4) is 0 Å². The smallest absolute Gasteiger partial charge is 0.237 e. The Bertz CT molecular complexity index is 466. The normalized spacial score (nSPS) is 19.0. The van der Waals surface area contributed by atoms with E-state index < -0.39 is 0 Å². The van der Waals surface area contributed by atoms with Gasteiger partial charge in [-0.05, 0) is 39.2 Å². The largest absolute Gasteiger partial charge is 0.352 e. The predicted molar refractivity (Wildman–Crippen MR) is 87.2 cm³/mol. The fourth-order valence-corrected chi connectivity index (χ4v) is 3.06. The third-order valence-corrected chi connectivity index (χ3v) is 4.39. The van der Waals surface area contributed by atoms with E-state index in [0.29, 0.717) is 6.04 Å². The average Bonchev–Trinajstić information content (AvgIpc) is 2.48. The number of aryl methyl sites for hydroxylation is 1. The fraction of sp³-hybridized carbons (Fsp3) is 0.611. The van der Waals surface area contributed by atoms with Crippen LogP contribution in [0.1, 0.15) is 63.1 Å². The summed E-state index contributed by atoms with van der Waals surface area (Å²) in [6.45, 7) is 6.15. The third kappa shape index (κ3) is 4.85. The van der Waals surface area contributed by atoms with E-state index >= 15 is 0 Å². The lowest BCUT2D eigenvalue weighted by Crippen LogP contribution is -2.47. The number of hydrogen-bond acceptors (Lipinski definition) is 2. The minimum absolute atomic E-state index is 0.126. The van der Waals surface area contributed by atoms with Crippen molar-refractivity contribution >= 4 is 5.91 Å². The molecule has 0 saturated heterocycles. The first kappa shape index (κ1) is 16.0. The van der Waals surface area contributed by atoms with Crippen LogP contribution < -0.4 is 10.6 Å². The number of amides is 1. The van der Waals surface area contributed by atoms with Crippen LogP contribution in [0.15, 0.2) is 24.3 Å². The molecule has 1 aliphatic carbocycles. The fourth-order valence-electron chi connectivity index (χ4n) is 3.06.